The molecule has 86 valence electrons. The Bertz CT molecular complexity index is 244. The van der Waals surface area contributed by atoms with E-state index in [1.54, 1.807) is 7.11 Å². The zero-order chi connectivity index (χ0) is 11.1. The number of rotatable bonds is 4. The van der Waals surface area contributed by atoms with Gasteiger partial charge in [0.15, 0.2) is 0 Å². The summed E-state index contributed by atoms with van der Waals surface area (Å²) in [5.41, 5.74) is 5.84. The van der Waals surface area contributed by atoms with Gasteiger partial charge in [0.25, 0.3) is 0 Å². The topological polar surface area (TPSA) is 47.3 Å². The van der Waals surface area contributed by atoms with Gasteiger partial charge in [0, 0.05) is 13.7 Å². The lowest BCUT2D eigenvalue weighted by atomic mass is 9.79. The number of hydrogen-bond donors (Lipinski definition) is 2. The summed E-state index contributed by atoms with van der Waals surface area (Å²) < 4.78 is 5.54. The van der Waals surface area contributed by atoms with Crippen molar-refractivity contribution in [3.05, 3.63) is 0 Å². The van der Waals surface area contributed by atoms with Crippen LogP contribution < -0.4 is 11.1 Å². The Labute approximate surface area is 92.8 Å². The van der Waals surface area contributed by atoms with E-state index < -0.39 is 0 Å². The van der Waals surface area contributed by atoms with Crippen molar-refractivity contribution in [2.45, 2.75) is 44.2 Å². The summed E-state index contributed by atoms with van der Waals surface area (Å²) in [6, 6.07) is 0. The van der Waals surface area contributed by atoms with Crippen molar-refractivity contribution in [2.24, 2.45) is 5.73 Å². The van der Waals surface area contributed by atoms with Crippen molar-refractivity contribution in [3.8, 4) is 11.8 Å². The van der Waals surface area contributed by atoms with Crippen LogP contribution in [0.2, 0.25) is 0 Å². The van der Waals surface area contributed by atoms with Gasteiger partial charge in [0.2, 0.25) is 0 Å². The Hall–Kier alpha value is -0.560. The summed E-state index contributed by atoms with van der Waals surface area (Å²) in [6.45, 7) is 3.18. The van der Waals surface area contributed by atoms with Crippen molar-refractivity contribution in [1.82, 2.24) is 5.32 Å². The van der Waals surface area contributed by atoms with Crippen molar-refractivity contribution in [1.29, 1.82) is 0 Å². The van der Waals surface area contributed by atoms with Gasteiger partial charge in [-0.25, -0.2) is 0 Å². The van der Waals surface area contributed by atoms with Crippen molar-refractivity contribution in [2.75, 3.05) is 20.2 Å². The van der Waals surface area contributed by atoms with Crippen LogP contribution in [-0.2, 0) is 4.74 Å². The molecule has 2 unspecified atom stereocenters. The van der Waals surface area contributed by atoms with E-state index in [1.807, 2.05) is 6.92 Å². The lowest BCUT2D eigenvalue weighted by molar-refractivity contribution is -0.00658. The molecule has 0 aliphatic heterocycles. The highest BCUT2D eigenvalue weighted by molar-refractivity contribution is 5.04. The Balaban J connectivity index is 2.63. The minimum Gasteiger partial charge on any atom is -0.379 e. The smallest absolute Gasteiger partial charge is 0.0765 e. The highest BCUT2D eigenvalue weighted by atomic mass is 16.5. The second-order valence-electron chi connectivity index (χ2n) is 4.11. The first-order chi connectivity index (χ1) is 7.29. The van der Waals surface area contributed by atoms with Gasteiger partial charge in [-0.2, -0.15) is 0 Å². The van der Waals surface area contributed by atoms with Gasteiger partial charge in [-0.3, -0.25) is 5.32 Å². The van der Waals surface area contributed by atoms with Crippen molar-refractivity contribution < 1.29 is 4.74 Å². The van der Waals surface area contributed by atoms with E-state index in [2.05, 4.69) is 17.2 Å². The van der Waals surface area contributed by atoms with Gasteiger partial charge in [-0.05, 0) is 19.8 Å². The van der Waals surface area contributed by atoms with Crippen LogP contribution in [0.5, 0.6) is 0 Å². The number of nitrogens with one attached hydrogen (secondary N) is 1. The summed E-state index contributed by atoms with van der Waals surface area (Å²) in [5.74, 6) is 5.91. The fourth-order valence-corrected chi connectivity index (χ4v) is 2.37. The van der Waals surface area contributed by atoms with E-state index in [1.165, 1.54) is 12.8 Å². The van der Waals surface area contributed by atoms with Crippen LogP contribution in [0, 0.1) is 11.8 Å². The van der Waals surface area contributed by atoms with E-state index in [0.717, 1.165) is 12.8 Å². The largest absolute Gasteiger partial charge is 0.379 e. The van der Waals surface area contributed by atoms with E-state index in [-0.39, 0.29) is 11.6 Å². The summed E-state index contributed by atoms with van der Waals surface area (Å²) in [7, 11) is 1.77. The molecule has 0 amide bonds. The fourth-order valence-electron chi connectivity index (χ4n) is 2.37. The first-order valence-electron chi connectivity index (χ1n) is 5.66. The van der Waals surface area contributed by atoms with E-state index in [0.29, 0.717) is 13.1 Å². The third-order valence-corrected chi connectivity index (χ3v) is 3.31. The highest BCUT2D eigenvalue weighted by Crippen LogP contribution is 2.29. The SMILES string of the molecule is CC#CCNC1(CN)CCCCC1OC. The van der Waals surface area contributed by atoms with Gasteiger partial charge in [-0.15, -0.1) is 5.92 Å². The quantitative estimate of drug-likeness (QED) is 0.677. The zero-order valence-corrected chi connectivity index (χ0v) is 9.81. The molecule has 0 aromatic carbocycles. The van der Waals surface area contributed by atoms with Crippen LogP contribution in [0.15, 0.2) is 0 Å². The molecular weight excluding hydrogens is 188 g/mol. The molecule has 0 aromatic rings. The minimum atomic E-state index is -0.0587. The molecule has 1 fully saturated rings. The summed E-state index contributed by atoms with van der Waals surface area (Å²) in [6.07, 6.45) is 4.88. The first-order valence-corrected chi connectivity index (χ1v) is 5.66. The predicted molar refractivity (Wildman–Crippen MR) is 62.5 cm³/mol. The molecule has 0 aromatic heterocycles. The highest BCUT2D eigenvalue weighted by Gasteiger charge is 2.39. The first kappa shape index (κ1) is 12.5. The lowest BCUT2D eigenvalue weighted by Crippen LogP contribution is -2.61. The molecule has 0 radical (unpaired) electrons. The Morgan fingerprint density at radius 1 is 1.53 bits per heavy atom. The molecule has 1 aliphatic rings. The third-order valence-electron chi connectivity index (χ3n) is 3.31. The van der Waals surface area contributed by atoms with Crippen LogP contribution in [0.1, 0.15) is 32.6 Å². The standard InChI is InChI=1S/C12H22N2O/c1-3-4-9-14-12(10-13)8-6-5-7-11(12)15-2/h11,14H,5-10,13H2,1-2H3. The molecule has 2 atom stereocenters. The van der Waals surface area contributed by atoms with Crippen LogP contribution in [-0.4, -0.2) is 31.8 Å². The number of nitrogens with two attached hydrogens (primary N) is 1. The monoisotopic (exact) mass is 210 g/mol. The normalized spacial score (nSPS) is 30.7. The molecule has 0 bridgehead atoms. The van der Waals surface area contributed by atoms with E-state index >= 15 is 0 Å². The fraction of sp³-hybridized carbons (Fsp3) is 0.833. The molecule has 1 saturated carbocycles. The molecule has 0 heterocycles. The van der Waals surface area contributed by atoms with Crippen LogP contribution in [0.3, 0.4) is 0 Å². The Kier molecular flexibility index (Phi) is 5.10. The predicted octanol–water partition coefficient (Wildman–Crippen LogP) is 0.886. The van der Waals surface area contributed by atoms with Gasteiger partial charge in [-0.1, -0.05) is 18.8 Å². The lowest BCUT2D eigenvalue weighted by Gasteiger charge is -2.43. The average molecular weight is 210 g/mol. The molecule has 1 rings (SSSR count). The molecule has 15 heavy (non-hydrogen) atoms. The van der Waals surface area contributed by atoms with Gasteiger partial charge in [0.1, 0.15) is 0 Å². The summed E-state index contributed by atoms with van der Waals surface area (Å²) in [5, 5.41) is 3.46. The van der Waals surface area contributed by atoms with Crippen molar-refractivity contribution in [3.63, 3.8) is 0 Å². The van der Waals surface area contributed by atoms with Crippen LogP contribution >= 0.6 is 0 Å². The van der Waals surface area contributed by atoms with Gasteiger partial charge < -0.3 is 10.5 Å². The van der Waals surface area contributed by atoms with Crippen LogP contribution in [0.4, 0.5) is 0 Å². The molecule has 3 nitrogen and oxygen atoms in total. The second kappa shape index (κ2) is 6.12. The zero-order valence-electron chi connectivity index (χ0n) is 9.81. The third kappa shape index (κ3) is 2.94. The average Bonchev–Trinajstić information content (AvgIpc) is 2.30. The number of hydrogen-bond acceptors (Lipinski definition) is 3. The van der Waals surface area contributed by atoms with Crippen molar-refractivity contribution >= 4 is 0 Å². The minimum absolute atomic E-state index is 0.0587. The maximum absolute atomic E-state index is 5.90. The van der Waals surface area contributed by atoms with E-state index in [9.17, 15) is 0 Å². The Morgan fingerprint density at radius 2 is 2.33 bits per heavy atom. The molecule has 0 spiro atoms. The maximum Gasteiger partial charge on any atom is 0.0765 e. The number of methoxy groups -OCH3 is 1. The molecule has 3 heteroatoms. The molecule has 1 aliphatic carbocycles. The summed E-state index contributed by atoms with van der Waals surface area (Å²) >= 11 is 0. The van der Waals surface area contributed by atoms with Gasteiger partial charge >= 0.3 is 0 Å². The number of ether oxygens (including phenoxy) is 1. The molecule has 3 N–H and O–H groups in total. The Morgan fingerprint density at radius 3 is 2.93 bits per heavy atom. The van der Waals surface area contributed by atoms with Crippen LogP contribution in [0.25, 0.3) is 0 Å². The van der Waals surface area contributed by atoms with Gasteiger partial charge in [0.05, 0.1) is 18.2 Å². The van der Waals surface area contributed by atoms with E-state index in [4.69, 9.17) is 10.5 Å². The molecule has 0 saturated heterocycles. The maximum atomic E-state index is 5.90. The second-order valence-corrected chi connectivity index (χ2v) is 4.11. The molecular formula is C12H22N2O. The summed E-state index contributed by atoms with van der Waals surface area (Å²) in [4.78, 5) is 0.